The summed E-state index contributed by atoms with van der Waals surface area (Å²) in [6.45, 7) is 9.77. The van der Waals surface area contributed by atoms with Crippen LogP contribution in [0.5, 0.6) is 0 Å². The van der Waals surface area contributed by atoms with E-state index in [0.29, 0.717) is 18.7 Å². The number of nitrogens with one attached hydrogen (secondary N) is 1. The van der Waals surface area contributed by atoms with Crippen LogP contribution in [0.4, 0.5) is 5.69 Å². The van der Waals surface area contributed by atoms with Gasteiger partial charge < -0.3 is 10.2 Å². The number of amides is 2. The molecule has 0 saturated heterocycles. The summed E-state index contributed by atoms with van der Waals surface area (Å²) in [5.74, 6) is -0.656. The Labute approximate surface area is 204 Å². The van der Waals surface area contributed by atoms with Gasteiger partial charge in [-0.15, -0.1) is 0 Å². The minimum absolute atomic E-state index is 0.211. The number of hydrogen-bond acceptors (Lipinski definition) is 4. The molecular weight excluding hydrogens is 450 g/mol. The molecule has 2 aromatic carbocycles. The van der Waals surface area contributed by atoms with Crippen molar-refractivity contribution in [2.45, 2.75) is 60.0 Å². The molecule has 0 aliphatic carbocycles. The van der Waals surface area contributed by atoms with Crippen LogP contribution in [0.25, 0.3) is 0 Å². The second-order valence-corrected chi connectivity index (χ2v) is 10.6. The molecule has 0 unspecified atom stereocenters. The van der Waals surface area contributed by atoms with E-state index in [1.807, 2.05) is 77.1 Å². The van der Waals surface area contributed by atoms with Crippen LogP contribution >= 0.6 is 0 Å². The Hall–Kier alpha value is -2.87. The lowest BCUT2D eigenvalue weighted by Gasteiger charge is -2.33. The lowest BCUT2D eigenvalue weighted by molar-refractivity contribution is -0.140. The van der Waals surface area contributed by atoms with Gasteiger partial charge in [0.25, 0.3) is 0 Å². The summed E-state index contributed by atoms with van der Waals surface area (Å²) in [6, 6.07) is 12.5. The predicted octanol–water partition coefficient (Wildman–Crippen LogP) is 3.71. The maximum absolute atomic E-state index is 13.7. The van der Waals surface area contributed by atoms with Crippen LogP contribution in [0.15, 0.2) is 42.5 Å². The first-order valence-corrected chi connectivity index (χ1v) is 13.5. The molecule has 0 aliphatic heterocycles. The van der Waals surface area contributed by atoms with E-state index in [-0.39, 0.29) is 19.0 Å². The number of anilines is 1. The summed E-state index contributed by atoms with van der Waals surface area (Å²) >= 11 is 0. The second-order valence-electron chi connectivity index (χ2n) is 8.74. The van der Waals surface area contributed by atoms with Crippen molar-refractivity contribution in [2.75, 3.05) is 23.7 Å². The Balaban J connectivity index is 2.48. The van der Waals surface area contributed by atoms with Gasteiger partial charge in [-0.2, -0.15) is 0 Å². The van der Waals surface area contributed by atoms with Gasteiger partial charge in [0.15, 0.2) is 0 Å². The molecule has 186 valence electrons. The van der Waals surface area contributed by atoms with Gasteiger partial charge in [-0.05, 0) is 50.3 Å². The Morgan fingerprint density at radius 1 is 1.00 bits per heavy atom. The molecule has 2 amide bonds. The number of carbonyl (C=O) groups excluding carboxylic acids is 2. The van der Waals surface area contributed by atoms with Gasteiger partial charge in [0, 0.05) is 13.1 Å². The quantitative estimate of drug-likeness (QED) is 0.523. The number of rotatable bonds is 11. The lowest BCUT2D eigenvalue weighted by Crippen LogP contribution is -2.52. The highest BCUT2D eigenvalue weighted by Gasteiger charge is 2.32. The molecule has 0 spiro atoms. The smallest absolute Gasteiger partial charge is 0.244 e. The molecule has 2 rings (SSSR count). The molecule has 7 nitrogen and oxygen atoms in total. The highest BCUT2D eigenvalue weighted by atomic mass is 32.2. The van der Waals surface area contributed by atoms with Crippen molar-refractivity contribution in [3.63, 3.8) is 0 Å². The van der Waals surface area contributed by atoms with Gasteiger partial charge in [-0.3, -0.25) is 13.9 Å². The first-order chi connectivity index (χ1) is 16.0. The van der Waals surface area contributed by atoms with Crippen molar-refractivity contribution in [3.8, 4) is 0 Å². The van der Waals surface area contributed by atoms with Crippen LogP contribution in [-0.4, -0.2) is 50.5 Å². The van der Waals surface area contributed by atoms with E-state index in [1.54, 1.807) is 0 Å². The molecule has 0 heterocycles. The average molecular weight is 488 g/mol. The van der Waals surface area contributed by atoms with Gasteiger partial charge in [0.1, 0.15) is 12.6 Å². The largest absolute Gasteiger partial charge is 0.354 e. The Morgan fingerprint density at radius 2 is 1.62 bits per heavy atom. The van der Waals surface area contributed by atoms with Crippen molar-refractivity contribution in [3.05, 3.63) is 64.7 Å². The number of hydrogen-bond donors (Lipinski definition) is 1. The normalized spacial score (nSPS) is 12.2. The third-order valence-corrected chi connectivity index (χ3v) is 6.85. The Morgan fingerprint density at radius 3 is 2.15 bits per heavy atom. The monoisotopic (exact) mass is 487 g/mol. The van der Waals surface area contributed by atoms with Gasteiger partial charge >= 0.3 is 0 Å². The van der Waals surface area contributed by atoms with Gasteiger partial charge in [-0.25, -0.2) is 8.42 Å². The molecule has 0 fully saturated rings. The summed E-state index contributed by atoms with van der Waals surface area (Å²) in [7, 11) is -3.75. The van der Waals surface area contributed by atoms with Gasteiger partial charge in [0.2, 0.25) is 21.8 Å². The maximum atomic E-state index is 13.7. The highest BCUT2D eigenvalue weighted by Crippen LogP contribution is 2.27. The fourth-order valence-electron chi connectivity index (χ4n) is 4.07. The van der Waals surface area contributed by atoms with Crippen LogP contribution in [0.2, 0.25) is 0 Å². The summed E-state index contributed by atoms with van der Waals surface area (Å²) < 4.78 is 26.7. The minimum Gasteiger partial charge on any atom is -0.354 e. The molecule has 0 aliphatic rings. The van der Waals surface area contributed by atoms with E-state index < -0.39 is 22.0 Å². The van der Waals surface area contributed by atoms with Crippen LogP contribution in [-0.2, 0) is 26.2 Å². The summed E-state index contributed by atoms with van der Waals surface area (Å²) in [5.41, 5.74) is 3.94. The van der Waals surface area contributed by atoms with Crippen molar-refractivity contribution in [2.24, 2.45) is 0 Å². The van der Waals surface area contributed by atoms with Crippen molar-refractivity contribution < 1.29 is 18.0 Å². The molecular formula is C26H37N3O4S. The van der Waals surface area contributed by atoms with Gasteiger partial charge in [-0.1, -0.05) is 61.9 Å². The van der Waals surface area contributed by atoms with E-state index in [0.717, 1.165) is 39.2 Å². The van der Waals surface area contributed by atoms with E-state index >= 15 is 0 Å². The topological polar surface area (TPSA) is 86.8 Å². The van der Waals surface area contributed by atoms with E-state index in [1.165, 1.54) is 4.90 Å². The van der Waals surface area contributed by atoms with Crippen molar-refractivity contribution in [1.82, 2.24) is 10.2 Å². The predicted molar refractivity (Wildman–Crippen MR) is 137 cm³/mol. The lowest BCUT2D eigenvalue weighted by atomic mass is 10.1. The third-order valence-electron chi connectivity index (χ3n) is 5.74. The molecule has 1 N–H and O–H groups in total. The van der Waals surface area contributed by atoms with Crippen molar-refractivity contribution in [1.29, 1.82) is 0 Å². The Kier molecular flexibility index (Phi) is 9.67. The van der Waals surface area contributed by atoms with E-state index in [4.69, 9.17) is 0 Å². The maximum Gasteiger partial charge on any atom is 0.244 e. The molecule has 1 atom stereocenters. The van der Waals surface area contributed by atoms with E-state index in [9.17, 15) is 18.0 Å². The fraction of sp³-hybridized carbons (Fsp3) is 0.462. The first-order valence-electron chi connectivity index (χ1n) is 11.7. The number of sulfonamides is 1. The molecule has 34 heavy (non-hydrogen) atoms. The summed E-state index contributed by atoms with van der Waals surface area (Å²) in [5, 5.41) is 2.88. The average Bonchev–Trinajstić information content (AvgIpc) is 2.75. The zero-order chi connectivity index (χ0) is 25.5. The molecule has 0 bridgehead atoms. The third kappa shape index (κ3) is 7.06. The molecule has 0 radical (unpaired) electrons. The summed E-state index contributed by atoms with van der Waals surface area (Å²) in [6.07, 6.45) is 2.29. The standard InChI is InChI=1S/C26H37N3O4S/c1-7-15-27-26(31)23(8-2)28(17-22-14-9-11-19(3)16-22)24(30)18-29(34(6,32)33)25-20(4)12-10-13-21(25)5/h9-14,16,23H,7-8,15,17-18H2,1-6H3,(H,27,31)/t23-/m1/s1. The number of carbonyl (C=O) groups is 2. The van der Waals surface area contributed by atoms with Crippen LogP contribution in [0.1, 0.15) is 48.9 Å². The van der Waals surface area contributed by atoms with Crippen LogP contribution in [0, 0.1) is 20.8 Å². The van der Waals surface area contributed by atoms with Gasteiger partial charge in [0.05, 0.1) is 11.9 Å². The molecule has 8 heteroatoms. The number of benzene rings is 2. The van der Waals surface area contributed by atoms with Crippen molar-refractivity contribution >= 4 is 27.5 Å². The molecule has 2 aromatic rings. The van der Waals surface area contributed by atoms with Crippen LogP contribution in [0.3, 0.4) is 0 Å². The second kappa shape index (κ2) is 12.0. The Bertz CT molecular complexity index is 1090. The fourth-order valence-corrected chi connectivity index (χ4v) is 5.03. The molecule has 0 aromatic heterocycles. The minimum atomic E-state index is -3.75. The first kappa shape index (κ1) is 27.4. The number of para-hydroxylation sites is 1. The summed E-state index contributed by atoms with van der Waals surface area (Å²) in [4.78, 5) is 28.2. The zero-order valence-electron chi connectivity index (χ0n) is 21.1. The number of aryl methyl sites for hydroxylation is 3. The SMILES string of the molecule is CCCNC(=O)[C@@H](CC)N(Cc1cccc(C)c1)C(=O)CN(c1c(C)cccc1C)S(C)(=O)=O. The highest BCUT2D eigenvalue weighted by molar-refractivity contribution is 7.92. The van der Waals surface area contributed by atoms with Crippen LogP contribution < -0.4 is 9.62 Å². The van der Waals surface area contributed by atoms with E-state index in [2.05, 4.69) is 5.32 Å². The molecule has 0 saturated carbocycles. The number of nitrogens with zero attached hydrogens (tertiary/aromatic N) is 2. The zero-order valence-corrected chi connectivity index (χ0v) is 21.9.